The molecule has 0 bridgehead atoms. The van der Waals surface area contributed by atoms with Crippen LogP contribution in [-0.2, 0) is 4.74 Å². The topological polar surface area (TPSA) is 69.0 Å². The van der Waals surface area contributed by atoms with E-state index in [1.165, 1.54) is 54.6 Å². The Morgan fingerprint density at radius 3 is 2.24 bits per heavy atom. The monoisotopic (exact) mass is 676 g/mol. The second kappa shape index (κ2) is 14.1. The molecule has 0 radical (unpaired) electrons. The first-order valence-electron chi connectivity index (χ1n) is 16.5. The summed E-state index contributed by atoms with van der Waals surface area (Å²) in [5.74, 6) is 0.977. The van der Waals surface area contributed by atoms with Crippen LogP contribution in [0.25, 0.3) is 32.2 Å². The first-order chi connectivity index (χ1) is 22.7. The fraction of sp³-hybridized carbons (Fsp3) is 0.308. The molecule has 0 amide bonds. The summed E-state index contributed by atoms with van der Waals surface area (Å²) >= 11 is 0.0298. The van der Waals surface area contributed by atoms with E-state index in [1.54, 1.807) is 0 Å². The van der Waals surface area contributed by atoms with Gasteiger partial charge in [0, 0.05) is 0 Å². The van der Waals surface area contributed by atoms with Gasteiger partial charge in [-0.05, 0) is 0 Å². The Bertz CT molecular complexity index is 1880. The van der Waals surface area contributed by atoms with Gasteiger partial charge in [-0.25, -0.2) is 0 Å². The van der Waals surface area contributed by atoms with Crippen molar-refractivity contribution in [1.29, 1.82) is 0 Å². The summed E-state index contributed by atoms with van der Waals surface area (Å²) in [6.45, 7) is 0.843. The zero-order valence-electron chi connectivity index (χ0n) is 26.3. The average molecular weight is 676 g/mol. The normalized spacial score (nSPS) is 14.4. The molecular formula is C39H40N4O2Se. The van der Waals surface area contributed by atoms with Crippen molar-refractivity contribution in [3.05, 3.63) is 114 Å². The Hall–Kier alpha value is -4.19. The summed E-state index contributed by atoms with van der Waals surface area (Å²) in [6.07, 6.45) is 9.61. The molecule has 7 rings (SSSR count). The second-order valence-corrected chi connectivity index (χ2v) is 14.4. The molecular weight excluding hydrogens is 635 g/mol. The van der Waals surface area contributed by atoms with E-state index in [0.29, 0.717) is 17.5 Å². The molecule has 1 fully saturated rings. The summed E-state index contributed by atoms with van der Waals surface area (Å²) in [6, 6.07) is 34.2. The number of nitrogens with one attached hydrogen (secondary N) is 1. The molecule has 7 heteroatoms. The Morgan fingerprint density at radius 2 is 1.54 bits per heavy atom. The summed E-state index contributed by atoms with van der Waals surface area (Å²) in [4.78, 5) is 22.7. The quantitative estimate of drug-likeness (QED) is 0.122. The van der Waals surface area contributed by atoms with Gasteiger partial charge >= 0.3 is 277 Å². The number of nitrogens with zero attached hydrogens (tertiary/aromatic N) is 3. The molecule has 4 aromatic carbocycles. The van der Waals surface area contributed by atoms with Gasteiger partial charge in [0.1, 0.15) is 0 Å². The van der Waals surface area contributed by atoms with Gasteiger partial charge in [0.05, 0.1) is 0 Å². The van der Waals surface area contributed by atoms with Crippen LogP contribution in [0, 0.1) is 0 Å². The van der Waals surface area contributed by atoms with E-state index in [1.807, 2.05) is 12.1 Å². The maximum absolute atomic E-state index is 12.4. The van der Waals surface area contributed by atoms with Crippen molar-refractivity contribution in [1.82, 2.24) is 14.5 Å². The predicted octanol–water partition coefficient (Wildman–Crippen LogP) is 9.01. The van der Waals surface area contributed by atoms with Gasteiger partial charge in [0.15, 0.2) is 0 Å². The molecule has 6 aromatic rings. The third-order valence-electron chi connectivity index (χ3n) is 9.32. The number of esters is 1. The fourth-order valence-corrected chi connectivity index (χ4v) is 9.11. The molecule has 0 spiro atoms. The van der Waals surface area contributed by atoms with E-state index in [0.717, 1.165) is 58.4 Å². The zero-order chi connectivity index (χ0) is 31.3. The number of methoxy groups -OCH3 is 1. The van der Waals surface area contributed by atoms with Crippen LogP contribution in [0.2, 0.25) is 0 Å². The molecule has 0 atom stereocenters. The van der Waals surface area contributed by atoms with Crippen LogP contribution in [0.15, 0.2) is 97.1 Å². The molecule has 0 aliphatic heterocycles. The van der Waals surface area contributed by atoms with Crippen molar-refractivity contribution in [3.63, 3.8) is 0 Å². The molecule has 1 aliphatic carbocycles. The third-order valence-corrected chi connectivity index (χ3v) is 11.5. The molecule has 1 saturated carbocycles. The minimum atomic E-state index is -0.334. The Kier molecular flexibility index (Phi) is 9.31. The Labute approximate surface area is 276 Å². The van der Waals surface area contributed by atoms with Crippen molar-refractivity contribution < 1.29 is 9.53 Å². The molecule has 0 saturated heterocycles. The fourth-order valence-electron chi connectivity index (χ4n) is 7.02. The van der Waals surface area contributed by atoms with Gasteiger partial charge in [-0.15, -0.1) is 0 Å². The van der Waals surface area contributed by atoms with Gasteiger partial charge in [0.25, 0.3) is 0 Å². The number of hydrogen-bond acceptors (Lipinski definition) is 5. The van der Waals surface area contributed by atoms with Crippen molar-refractivity contribution in [2.75, 3.05) is 19.0 Å². The van der Waals surface area contributed by atoms with E-state index < -0.39 is 0 Å². The van der Waals surface area contributed by atoms with E-state index in [9.17, 15) is 4.79 Å². The van der Waals surface area contributed by atoms with E-state index in [4.69, 9.17) is 14.7 Å². The zero-order valence-corrected chi connectivity index (χ0v) is 28.0. The molecule has 2 heterocycles. The average Bonchev–Trinajstić information content (AvgIpc) is 3.68. The third kappa shape index (κ3) is 6.40. The first kappa shape index (κ1) is 30.5. The Balaban J connectivity index is 1.22. The first-order valence-corrected chi connectivity index (χ1v) is 18.2. The second-order valence-electron chi connectivity index (χ2n) is 12.3. The van der Waals surface area contributed by atoms with Crippen LogP contribution in [0.3, 0.4) is 0 Å². The number of ether oxygens (including phenoxy) is 1. The molecule has 6 nitrogen and oxygen atoms in total. The van der Waals surface area contributed by atoms with Crippen LogP contribution < -0.4 is 5.32 Å². The van der Waals surface area contributed by atoms with Gasteiger partial charge in [-0.3, -0.25) is 0 Å². The predicted molar refractivity (Wildman–Crippen MR) is 188 cm³/mol. The number of anilines is 1. The SMILES string of the molecule is COC(=O)c1ccc2c(c1)nc(-c1cccc3nc(NCCC(c4ccccc4)c4ccccc4)[se]c13)n2C1CCCCCCC1. The van der Waals surface area contributed by atoms with Gasteiger partial charge in [-0.2, -0.15) is 0 Å². The Morgan fingerprint density at radius 1 is 0.848 bits per heavy atom. The number of carbonyl (C=O) groups excluding carboxylic acids is 1. The minimum absolute atomic E-state index is 0.0298. The molecule has 1 N–H and O–H groups in total. The number of aromatic nitrogens is 3. The van der Waals surface area contributed by atoms with E-state index in [2.05, 4.69) is 94.8 Å². The number of benzene rings is 4. The molecule has 0 unspecified atom stereocenters. The van der Waals surface area contributed by atoms with Gasteiger partial charge in [0.2, 0.25) is 0 Å². The molecule has 234 valence electrons. The van der Waals surface area contributed by atoms with Crippen LogP contribution in [0.4, 0.5) is 4.69 Å². The van der Waals surface area contributed by atoms with Crippen molar-refractivity contribution in [2.45, 2.75) is 63.3 Å². The molecule has 1 aliphatic rings. The summed E-state index contributed by atoms with van der Waals surface area (Å²) in [5.41, 5.74) is 7.33. The van der Waals surface area contributed by atoms with E-state index >= 15 is 0 Å². The molecule has 46 heavy (non-hydrogen) atoms. The van der Waals surface area contributed by atoms with Gasteiger partial charge in [-0.1, -0.05) is 0 Å². The summed E-state index contributed by atoms with van der Waals surface area (Å²) in [5, 5.41) is 3.72. The molecule has 2 aromatic heterocycles. The van der Waals surface area contributed by atoms with Crippen LogP contribution in [-0.4, -0.2) is 48.7 Å². The van der Waals surface area contributed by atoms with Crippen LogP contribution >= 0.6 is 0 Å². The van der Waals surface area contributed by atoms with Crippen molar-refractivity contribution >= 4 is 46.0 Å². The maximum atomic E-state index is 12.4. The van der Waals surface area contributed by atoms with Crippen LogP contribution in [0.5, 0.6) is 0 Å². The number of hydrogen-bond donors (Lipinski definition) is 1. The van der Waals surface area contributed by atoms with Gasteiger partial charge < -0.3 is 0 Å². The summed E-state index contributed by atoms with van der Waals surface area (Å²) < 4.78 is 9.85. The number of fused-ring (bicyclic) bond motifs is 2. The number of rotatable bonds is 9. The van der Waals surface area contributed by atoms with E-state index in [-0.39, 0.29) is 20.5 Å². The summed E-state index contributed by atoms with van der Waals surface area (Å²) in [7, 11) is 1.43. The van der Waals surface area contributed by atoms with Crippen molar-refractivity contribution in [3.8, 4) is 11.4 Å². The van der Waals surface area contributed by atoms with Crippen molar-refractivity contribution in [2.24, 2.45) is 0 Å². The number of imidazole rings is 1. The number of carbonyl (C=O) groups is 1. The van der Waals surface area contributed by atoms with Crippen LogP contribution in [0.1, 0.15) is 84.8 Å². The standard InChI is InChI=1S/C39H40N4O2Se/c1-45-38(44)29-22-23-35-34(26-29)41-37(43(35)30-18-11-3-2-4-12-19-30)32-20-13-21-33-36(32)46-39(42-33)40-25-24-31(27-14-7-5-8-15-27)28-16-9-6-10-17-28/h5-10,13-17,20-23,26,30-31H,2-4,11-12,18-19,24-25H2,1H3,(H,40,42).